The molecule has 0 aliphatic heterocycles. The molecule has 0 amide bonds. The summed E-state index contributed by atoms with van der Waals surface area (Å²) in [7, 11) is 0. The van der Waals surface area contributed by atoms with Crippen LogP contribution in [0.4, 0.5) is 39.5 Å². The SMILES string of the molecule is CC1CCC(c2ccc(OC(F)(F)c3cc(F)c(-c4cc(F)c(C(F)(F)F)c(F)c4)c(F)c3)cc2)CC1. The lowest BCUT2D eigenvalue weighted by Gasteiger charge is -2.26. The summed E-state index contributed by atoms with van der Waals surface area (Å²) >= 11 is 0. The van der Waals surface area contributed by atoms with Gasteiger partial charge in [0.1, 0.15) is 34.6 Å². The Hall–Kier alpha value is -3.17. The van der Waals surface area contributed by atoms with Crippen LogP contribution in [0.25, 0.3) is 11.1 Å². The van der Waals surface area contributed by atoms with Crippen molar-refractivity contribution in [3.05, 3.63) is 88.5 Å². The normalized spacial score (nSPS) is 18.6. The molecule has 3 aromatic rings. The first kappa shape index (κ1) is 26.9. The third kappa shape index (κ3) is 5.72. The number of halogens is 9. The summed E-state index contributed by atoms with van der Waals surface area (Å²) in [5.41, 5.74) is -4.60. The molecule has 1 aliphatic rings. The van der Waals surface area contributed by atoms with Crippen molar-refractivity contribution in [3.63, 3.8) is 0 Å². The van der Waals surface area contributed by atoms with Crippen molar-refractivity contribution in [1.29, 1.82) is 0 Å². The summed E-state index contributed by atoms with van der Waals surface area (Å²) in [6.07, 6.45) is -5.48. The molecule has 1 nitrogen and oxygen atoms in total. The van der Waals surface area contributed by atoms with Crippen molar-refractivity contribution in [1.82, 2.24) is 0 Å². The van der Waals surface area contributed by atoms with Crippen molar-refractivity contribution in [2.45, 2.75) is 50.8 Å². The predicted octanol–water partition coefficient (Wildman–Crippen LogP) is 9.35. The van der Waals surface area contributed by atoms with E-state index in [1.54, 1.807) is 12.1 Å². The molecule has 0 unspecified atom stereocenters. The number of benzene rings is 3. The van der Waals surface area contributed by atoms with E-state index in [1.807, 2.05) is 0 Å². The second-order valence-electron chi connectivity index (χ2n) is 9.27. The molecule has 1 fully saturated rings. The van der Waals surface area contributed by atoms with Crippen LogP contribution >= 0.6 is 0 Å². The maximum atomic E-state index is 14.7. The topological polar surface area (TPSA) is 9.23 Å². The van der Waals surface area contributed by atoms with Crippen LogP contribution in [0.15, 0.2) is 48.5 Å². The maximum Gasteiger partial charge on any atom is 0.426 e. The van der Waals surface area contributed by atoms with Crippen LogP contribution in [0.1, 0.15) is 55.2 Å². The molecular weight excluding hydrogens is 511 g/mol. The van der Waals surface area contributed by atoms with E-state index in [4.69, 9.17) is 0 Å². The first-order valence-electron chi connectivity index (χ1n) is 11.5. The van der Waals surface area contributed by atoms with Gasteiger partial charge in [-0.05, 0) is 72.2 Å². The van der Waals surface area contributed by atoms with Crippen molar-refractivity contribution >= 4 is 0 Å². The van der Waals surface area contributed by atoms with Crippen LogP contribution in [-0.4, -0.2) is 0 Å². The van der Waals surface area contributed by atoms with Crippen LogP contribution in [0.5, 0.6) is 5.75 Å². The van der Waals surface area contributed by atoms with E-state index in [0.717, 1.165) is 31.2 Å². The van der Waals surface area contributed by atoms with Crippen LogP contribution in [-0.2, 0) is 12.3 Å². The fourth-order valence-electron chi connectivity index (χ4n) is 4.61. The fourth-order valence-corrected chi connectivity index (χ4v) is 4.61. The molecular formula is C27H21F9O. The second-order valence-corrected chi connectivity index (χ2v) is 9.27. The molecule has 1 saturated carbocycles. The van der Waals surface area contributed by atoms with Gasteiger partial charge in [0.25, 0.3) is 0 Å². The number of alkyl halides is 5. The van der Waals surface area contributed by atoms with Crippen molar-refractivity contribution in [2.75, 3.05) is 0 Å². The van der Waals surface area contributed by atoms with Gasteiger partial charge in [-0.1, -0.05) is 31.9 Å². The summed E-state index contributed by atoms with van der Waals surface area (Å²) in [4.78, 5) is 0. The standard InChI is InChI=1S/C27H21F9O/c1-14-2-4-15(5-3-14)16-6-8-19(9-7-16)37-27(35,36)18-12-20(28)24(21(29)13-18)17-10-22(30)25(23(31)11-17)26(32,33)34/h6-15H,2-5H2,1H3. The van der Waals surface area contributed by atoms with Gasteiger partial charge in [0.15, 0.2) is 0 Å². The van der Waals surface area contributed by atoms with Crippen LogP contribution in [0.3, 0.4) is 0 Å². The highest BCUT2D eigenvalue weighted by atomic mass is 19.4. The molecule has 0 aromatic heterocycles. The first-order chi connectivity index (χ1) is 17.3. The van der Waals surface area contributed by atoms with E-state index in [2.05, 4.69) is 11.7 Å². The highest BCUT2D eigenvalue weighted by Crippen LogP contribution is 2.40. The average molecular weight is 532 g/mol. The Morgan fingerprint density at radius 1 is 0.703 bits per heavy atom. The molecule has 0 heterocycles. The van der Waals surface area contributed by atoms with Gasteiger partial charge in [0.05, 0.1) is 11.1 Å². The quantitative estimate of drug-likeness (QED) is 0.298. The lowest BCUT2D eigenvalue weighted by Crippen LogP contribution is -2.22. The number of ether oxygens (including phenoxy) is 1. The molecule has 0 bridgehead atoms. The predicted molar refractivity (Wildman–Crippen MR) is 118 cm³/mol. The summed E-state index contributed by atoms with van der Waals surface area (Å²) in [6.45, 7) is 2.17. The molecule has 37 heavy (non-hydrogen) atoms. The molecule has 0 spiro atoms. The molecule has 198 valence electrons. The van der Waals surface area contributed by atoms with Crippen LogP contribution in [0.2, 0.25) is 0 Å². The Kier molecular flexibility index (Phi) is 7.23. The van der Waals surface area contributed by atoms with Gasteiger partial charge in [-0.15, -0.1) is 0 Å². The third-order valence-electron chi connectivity index (χ3n) is 6.61. The Bertz CT molecular complexity index is 1230. The lowest BCUT2D eigenvalue weighted by molar-refractivity contribution is -0.185. The molecule has 4 rings (SSSR count). The minimum atomic E-state index is -5.39. The summed E-state index contributed by atoms with van der Waals surface area (Å²) < 4.78 is 130. The average Bonchev–Trinajstić information content (AvgIpc) is 2.78. The van der Waals surface area contributed by atoms with Crippen molar-refractivity contribution < 1.29 is 44.3 Å². The maximum absolute atomic E-state index is 14.7. The van der Waals surface area contributed by atoms with Crippen molar-refractivity contribution in [3.8, 4) is 16.9 Å². The Morgan fingerprint density at radius 3 is 1.70 bits per heavy atom. The second kappa shape index (κ2) is 9.95. The zero-order valence-electron chi connectivity index (χ0n) is 19.4. The number of hydrogen-bond acceptors (Lipinski definition) is 1. The molecule has 0 N–H and O–H groups in total. The largest absolute Gasteiger partial charge is 0.429 e. The molecule has 0 atom stereocenters. The third-order valence-corrected chi connectivity index (χ3v) is 6.61. The number of rotatable bonds is 5. The summed E-state index contributed by atoms with van der Waals surface area (Å²) in [5, 5.41) is 0. The van der Waals surface area contributed by atoms with E-state index < -0.39 is 57.8 Å². The van der Waals surface area contributed by atoms with Crippen LogP contribution < -0.4 is 4.74 Å². The van der Waals surface area contributed by atoms with Gasteiger partial charge in [0.2, 0.25) is 0 Å². The van der Waals surface area contributed by atoms with Gasteiger partial charge in [-0.2, -0.15) is 22.0 Å². The van der Waals surface area contributed by atoms with Crippen LogP contribution in [0, 0.1) is 29.2 Å². The minimum Gasteiger partial charge on any atom is -0.429 e. The van der Waals surface area contributed by atoms with E-state index in [0.29, 0.717) is 11.8 Å². The molecule has 0 radical (unpaired) electrons. The van der Waals surface area contributed by atoms with Gasteiger partial charge >= 0.3 is 12.3 Å². The van der Waals surface area contributed by atoms with Gasteiger partial charge < -0.3 is 4.74 Å². The highest BCUT2D eigenvalue weighted by molar-refractivity contribution is 5.66. The van der Waals surface area contributed by atoms with Gasteiger partial charge in [-0.3, -0.25) is 0 Å². The van der Waals surface area contributed by atoms with E-state index in [-0.39, 0.29) is 30.0 Å². The molecule has 10 heteroatoms. The Balaban J connectivity index is 1.57. The van der Waals surface area contributed by atoms with Gasteiger partial charge in [-0.25, -0.2) is 17.6 Å². The van der Waals surface area contributed by atoms with E-state index in [9.17, 15) is 39.5 Å². The van der Waals surface area contributed by atoms with Gasteiger partial charge in [0, 0.05) is 0 Å². The molecule has 1 aliphatic carbocycles. The zero-order chi connectivity index (χ0) is 27.1. The smallest absolute Gasteiger partial charge is 0.426 e. The zero-order valence-corrected chi connectivity index (χ0v) is 19.4. The monoisotopic (exact) mass is 532 g/mol. The van der Waals surface area contributed by atoms with E-state index in [1.165, 1.54) is 12.1 Å². The minimum absolute atomic E-state index is 0.0796. The van der Waals surface area contributed by atoms with Crippen molar-refractivity contribution in [2.24, 2.45) is 5.92 Å². The highest BCUT2D eigenvalue weighted by Gasteiger charge is 2.39. The summed E-state index contributed by atoms with van der Waals surface area (Å²) in [6, 6.07) is 6.53. The first-order valence-corrected chi connectivity index (χ1v) is 11.5. The summed E-state index contributed by atoms with van der Waals surface area (Å²) in [5.74, 6) is -6.86. The molecule has 0 saturated heterocycles. The Morgan fingerprint density at radius 2 is 1.22 bits per heavy atom. The fraction of sp³-hybridized carbons (Fsp3) is 0.333. The number of hydrogen-bond donors (Lipinski definition) is 0. The Labute approximate surface area is 206 Å². The lowest BCUT2D eigenvalue weighted by atomic mass is 9.79. The van der Waals surface area contributed by atoms with E-state index >= 15 is 0 Å². The molecule has 3 aromatic carbocycles.